The van der Waals surface area contributed by atoms with Crippen LogP contribution in [-0.2, 0) is 19.6 Å². The van der Waals surface area contributed by atoms with E-state index in [1.54, 1.807) is 0 Å². The number of ketones is 1. The SMILES string of the molecule is C[C@H](OC(=O)CC(C)(C)C)C(=O)c1ccc(NS(C)(=O)=O)cc1. The lowest BCUT2D eigenvalue weighted by atomic mass is 9.92. The quantitative estimate of drug-likeness (QED) is 0.634. The molecule has 0 aromatic heterocycles. The predicted octanol–water partition coefficient (Wildman–Crippen LogP) is 2.61. The summed E-state index contributed by atoms with van der Waals surface area (Å²) in [5, 5.41) is 0. The molecule has 0 aliphatic carbocycles. The van der Waals surface area contributed by atoms with Gasteiger partial charge in [-0.3, -0.25) is 14.3 Å². The van der Waals surface area contributed by atoms with Crippen LogP contribution in [-0.4, -0.2) is 32.5 Å². The van der Waals surface area contributed by atoms with Gasteiger partial charge in [-0.2, -0.15) is 0 Å². The van der Waals surface area contributed by atoms with Crippen LogP contribution in [0.3, 0.4) is 0 Å². The average Bonchev–Trinajstić information content (AvgIpc) is 2.34. The van der Waals surface area contributed by atoms with E-state index in [9.17, 15) is 18.0 Å². The Labute approximate surface area is 137 Å². The van der Waals surface area contributed by atoms with Crippen LogP contribution in [0.15, 0.2) is 24.3 Å². The minimum absolute atomic E-state index is 0.210. The predicted molar refractivity (Wildman–Crippen MR) is 88.9 cm³/mol. The van der Waals surface area contributed by atoms with Crippen LogP contribution in [0.5, 0.6) is 0 Å². The highest BCUT2D eigenvalue weighted by molar-refractivity contribution is 7.92. The Morgan fingerprint density at radius 2 is 1.70 bits per heavy atom. The first-order valence-electron chi connectivity index (χ1n) is 7.19. The Morgan fingerprint density at radius 3 is 2.13 bits per heavy atom. The van der Waals surface area contributed by atoms with Crippen molar-refractivity contribution in [3.05, 3.63) is 29.8 Å². The van der Waals surface area contributed by atoms with Gasteiger partial charge in [0.1, 0.15) is 0 Å². The smallest absolute Gasteiger partial charge is 0.307 e. The number of rotatable bonds is 6. The second-order valence-corrected chi connectivity index (χ2v) is 8.43. The zero-order chi connectivity index (χ0) is 17.8. The van der Waals surface area contributed by atoms with E-state index in [4.69, 9.17) is 4.74 Å². The summed E-state index contributed by atoms with van der Waals surface area (Å²) in [7, 11) is -3.36. The molecule has 0 radical (unpaired) electrons. The Bertz CT molecular complexity index is 671. The van der Waals surface area contributed by atoms with Crippen LogP contribution in [0.4, 0.5) is 5.69 Å². The molecule has 0 amide bonds. The number of nitrogens with one attached hydrogen (secondary N) is 1. The molecule has 0 saturated heterocycles. The molecule has 0 aliphatic rings. The molecule has 0 unspecified atom stereocenters. The molecule has 1 N–H and O–H groups in total. The van der Waals surface area contributed by atoms with Crippen molar-refractivity contribution in [1.82, 2.24) is 0 Å². The van der Waals surface area contributed by atoms with Gasteiger partial charge in [-0.1, -0.05) is 20.8 Å². The molecule has 0 heterocycles. The minimum atomic E-state index is -3.36. The third kappa shape index (κ3) is 7.27. The maximum Gasteiger partial charge on any atom is 0.307 e. The zero-order valence-electron chi connectivity index (χ0n) is 14.0. The number of sulfonamides is 1. The van der Waals surface area contributed by atoms with Crippen LogP contribution in [0, 0.1) is 5.41 Å². The van der Waals surface area contributed by atoms with E-state index in [0.717, 1.165) is 6.26 Å². The van der Waals surface area contributed by atoms with Crippen molar-refractivity contribution in [1.29, 1.82) is 0 Å². The Hall–Kier alpha value is -1.89. The average molecular weight is 341 g/mol. The summed E-state index contributed by atoms with van der Waals surface area (Å²) in [4.78, 5) is 24.0. The molecule has 7 heteroatoms. The second kappa shape index (κ2) is 7.12. The van der Waals surface area contributed by atoms with Gasteiger partial charge in [0.05, 0.1) is 12.7 Å². The van der Waals surface area contributed by atoms with Crippen molar-refractivity contribution in [2.75, 3.05) is 11.0 Å². The lowest BCUT2D eigenvalue weighted by Crippen LogP contribution is -2.26. The number of carbonyl (C=O) groups is 2. The van der Waals surface area contributed by atoms with Crippen molar-refractivity contribution in [2.24, 2.45) is 5.41 Å². The molecule has 128 valence electrons. The number of esters is 1. The largest absolute Gasteiger partial charge is 0.454 e. The van der Waals surface area contributed by atoms with Crippen LogP contribution in [0.1, 0.15) is 44.5 Å². The highest BCUT2D eigenvalue weighted by atomic mass is 32.2. The monoisotopic (exact) mass is 341 g/mol. The number of hydrogen-bond acceptors (Lipinski definition) is 5. The maximum absolute atomic E-state index is 12.2. The van der Waals surface area contributed by atoms with E-state index >= 15 is 0 Å². The van der Waals surface area contributed by atoms with Crippen LogP contribution in [0.2, 0.25) is 0 Å². The highest BCUT2D eigenvalue weighted by Crippen LogP contribution is 2.20. The molecule has 0 aliphatic heterocycles. The summed E-state index contributed by atoms with van der Waals surface area (Å²) in [5.74, 6) is -0.758. The van der Waals surface area contributed by atoms with Gasteiger partial charge < -0.3 is 4.74 Å². The Morgan fingerprint density at radius 1 is 1.17 bits per heavy atom. The van der Waals surface area contributed by atoms with E-state index < -0.39 is 22.1 Å². The molecule has 0 saturated carbocycles. The lowest BCUT2D eigenvalue weighted by molar-refractivity contribution is -0.148. The third-order valence-corrected chi connectivity index (χ3v) is 3.43. The summed E-state index contributed by atoms with van der Waals surface area (Å²) < 4.78 is 29.7. The summed E-state index contributed by atoms with van der Waals surface area (Å²) in [6.45, 7) is 7.25. The van der Waals surface area contributed by atoms with Crippen molar-refractivity contribution < 1.29 is 22.7 Å². The number of anilines is 1. The van der Waals surface area contributed by atoms with Gasteiger partial charge in [0.15, 0.2) is 6.10 Å². The molecular formula is C16H23NO5S. The van der Waals surface area contributed by atoms with Gasteiger partial charge in [-0.15, -0.1) is 0 Å². The van der Waals surface area contributed by atoms with Crippen molar-refractivity contribution in [3.63, 3.8) is 0 Å². The molecule has 1 aromatic carbocycles. The van der Waals surface area contributed by atoms with Crippen LogP contribution < -0.4 is 4.72 Å². The topological polar surface area (TPSA) is 89.5 Å². The van der Waals surface area contributed by atoms with Crippen molar-refractivity contribution in [2.45, 2.75) is 40.2 Å². The van der Waals surface area contributed by atoms with Gasteiger partial charge in [0.25, 0.3) is 0 Å². The molecule has 0 bridgehead atoms. The standard InChI is InChI=1S/C16H23NO5S/c1-11(22-14(18)10-16(2,3)4)15(19)12-6-8-13(9-7-12)17-23(5,20)21/h6-9,11,17H,10H2,1-5H3/t11-/m0/s1. The molecular weight excluding hydrogens is 318 g/mol. The lowest BCUT2D eigenvalue weighted by Gasteiger charge is -2.19. The van der Waals surface area contributed by atoms with Gasteiger partial charge in [0.2, 0.25) is 15.8 Å². The van der Waals surface area contributed by atoms with Gasteiger partial charge in [0, 0.05) is 11.3 Å². The summed E-state index contributed by atoms with van der Waals surface area (Å²) in [5.41, 5.74) is 0.500. The number of benzene rings is 1. The van der Waals surface area contributed by atoms with Gasteiger partial charge in [-0.05, 0) is 36.6 Å². The van der Waals surface area contributed by atoms with E-state index in [2.05, 4.69) is 4.72 Å². The summed E-state index contributed by atoms with van der Waals surface area (Å²) >= 11 is 0. The molecule has 1 rings (SSSR count). The first kappa shape index (κ1) is 19.2. The van der Waals surface area contributed by atoms with Crippen molar-refractivity contribution >= 4 is 27.5 Å². The third-order valence-electron chi connectivity index (χ3n) is 2.82. The molecule has 1 aromatic rings. The summed E-state index contributed by atoms with van der Waals surface area (Å²) in [6, 6.07) is 5.95. The normalized spacial score (nSPS) is 13.3. The second-order valence-electron chi connectivity index (χ2n) is 6.69. The molecule has 1 atom stereocenters. The fourth-order valence-corrected chi connectivity index (χ4v) is 2.44. The summed E-state index contributed by atoms with van der Waals surface area (Å²) in [6.07, 6.45) is 0.378. The molecule has 0 fully saturated rings. The maximum atomic E-state index is 12.2. The fourth-order valence-electron chi connectivity index (χ4n) is 1.88. The number of carbonyl (C=O) groups excluding carboxylic acids is 2. The number of hydrogen-bond donors (Lipinski definition) is 1. The van der Waals surface area contributed by atoms with E-state index in [-0.39, 0.29) is 17.6 Å². The minimum Gasteiger partial charge on any atom is -0.454 e. The Balaban J connectivity index is 2.71. The van der Waals surface area contributed by atoms with Crippen LogP contribution >= 0.6 is 0 Å². The number of ether oxygens (including phenoxy) is 1. The fraction of sp³-hybridized carbons (Fsp3) is 0.500. The van der Waals surface area contributed by atoms with Crippen molar-refractivity contribution in [3.8, 4) is 0 Å². The molecule has 23 heavy (non-hydrogen) atoms. The highest BCUT2D eigenvalue weighted by Gasteiger charge is 2.23. The zero-order valence-corrected chi connectivity index (χ0v) is 14.9. The van der Waals surface area contributed by atoms with Crippen LogP contribution in [0.25, 0.3) is 0 Å². The van der Waals surface area contributed by atoms with Gasteiger partial charge in [-0.25, -0.2) is 8.42 Å². The first-order valence-corrected chi connectivity index (χ1v) is 9.08. The van der Waals surface area contributed by atoms with Gasteiger partial charge >= 0.3 is 5.97 Å². The Kier molecular flexibility index (Phi) is 5.93. The number of Topliss-reactive ketones (excluding diaryl/α,β-unsaturated/α-hetero) is 1. The molecule has 6 nitrogen and oxygen atoms in total. The molecule has 0 spiro atoms. The van der Waals surface area contributed by atoms with E-state index in [1.165, 1.54) is 31.2 Å². The van der Waals surface area contributed by atoms with E-state index in [1.807, 2.05) is 20.8 Å². The first-order chi connectivity index (χ1) is 10.4. The van der Waals surface area contributed by atoms with E-state index in [0.29, 0.717) is 11.3 Å².